The fraction of sp³-hybridized carbons (Fsp3) is 0.235. The number of piperazine rings is 1. The highest BCUT2D eigenvalue weighted by atomic mass is 79.9. The Morgan fingerprint density at radius 3 is 2.41 bits per heavy atom. The molecule has 0 saturated carbocycles. The number of rotatable bonds is 3. The first-order valence-corrected chi connectivity index (χ1v) is 10.9. The summed E-state index contributed by atoms with van der Waals surface area (Å²) in [4.78, 5) is 14.0. The van der Waals surface area contributed by atoms with Crippen LogP contribution in [-0.4, -0.2) is 49.7 Å². The molecule has 1 saturated heterocycles. The number of nitrogens with zero attached hydrogens (tertiary/aromatic N) is 2. The van der Waals surface area contributed by atoms with Gasteiger partial charge in [0.2, 0.25) is 10.0 Å². The van der Waals surface area contributed by atoms with E-state index in [1.165, 1.54) is 39.5 Å². The second-order valence-electron chi connectivity index (χ2n) is 5.87. The van der Waals surface area contributed by atoms with Gasteiger partial charge in [-0.2, -0.15) is 4.31 Å². The first-order valence-electron chi connectivity index (χ1n) is 7.90. The van der Waals surface area contributed by atoms with E-state index in [-0.39, 0.29) is 52.6 Å². The number of sulfonamides is 1. The number of hydrogen-bond donors (Lipinski definition) is 0. The molecule has 2 aromatic rings. The van der Waals surface area contributed by atoms with Gasteiger partial charge in [-0.1, -0.05) is 29.3 Å². The molecule has 5 nitrogen and oxygen atoms in total. The highest BCUT2D eigenvalue weighted by Gasteiger charge is 2.32. The lowest BCUT2D eigenvalue weighted by molar-refractivity contribution is 0.0696. The van der Waals surface area contributed by atoms with Crippen molar-refractivity contribution in [3.05, 3.63) is 62.3 Å². The van der Waals surface area contributed by atoms with Crippen molar-refractivity contribution >= 4 is 55.1 Å². The Labute approximate surface area is 174 Å². The van der Waals surface area contributed by atoms with Gasteiger partial charge in [0, 0.05) is 30.7 Å². The summed E-state index contributed by atoms with van der Waals surface area (Å²) in [5, 5.41) is 0.129. The van der Waals surface area contributed by atoms with Crippen LogP contribution in [0.3, 0.4) is 0 Å². The Bertz CT molecular complexity index is 996. The van der Waals surface area contributed by atoms with E-state index in [1.807, 2.05) is 0 Å². The summed E-state index contributed by atoms with van der Waals surface area (Å²) in [6.07, 6.45) is 0. The van der Waals surface area contributed by atoms with Crippen molar-refractivity contribution in [3.63, 3.8) is 0 Å². The normalized spacial score (nSPS) is 15.8. The third-order valence-corrected chi connectivity index (χ3v) is 7.78. The maximum Gasteiger partial charge on any atom is 0.255 e. The van der Waals surface area contributed by atoms with E-state index in [9.17, 15) is 17.6 Å². The molecule has 3 rings (SSSR count). The summed E-state index contributed by atoms with van der Waals surface area (Å²) in [6, 6.07) is 8.29. The van der Waals surface area contributed by atoms with Crippen LogP contribution in [0.25, 0.3) is 0 Å². The van der Waals surface area contributed by atoms with Gasteiger partial charge in [-0.3, -0.25) is 4.79 Å². The van der Waals surface area contributed by atoms with Gasteiger partial charge in [0.1, 0.15) is 10.7 Å². The molecule has 1 aliphatic heterocycles. The van der Waals surface area contributed by atoms with Gasteiger partial charge in [-0.05, 0) is 46.3 Å². The molecule has 0 spiro atoms. The number of benzene rings is 2. The van der Waals surface area contributed by atoms with Crippen LogP contribution < -0.4 is 0 Å². The topological polar surface area (TPSA) is 57.7 Å². The molecule has 0 aliphatic carbocycles. The molecular weight excluding hydrogens is 482 g/mol. The summed E-state index contributed by atoms with van der Waals surface area (Å²) in [6.45, 7) is 0.562. The molecule has 1 heterocycles. The molecule has 1 aliphatic rings. The van der Waals surface area contributed by atoms with Crippen molar-refractivity contribution < 1.29 is 17.6 Å². The molecule has 0 bridgehead atoms. The fourth-order valence-electron chi connectivity index (χ4n) is 2.79. The van der Waals surface area contributed by atoms with E-state index in [4.69, 9.17) is 23.2 Å². The predicted molar refractivity (Wildman–Crippen MR) is 105 cm³/mol. The van der Waals surface area contributed by atoms with Crippen molar-refractivity contribution in [1.82, 2.24) is 9.21 Å². The number of hydrogen-bond acceptors (Lipinski definition) is 3. The Hall–Kier alpha value is -1.19. The third kappa shape index (κ3) is 4.14. The van der Waals surface area contributed by atoms with Crippen molar-refractivity contribution in [3.8, 4) is 0 Å². The zero-order valence-electron chi connectivity index (χ0n) is 13.8. The molecular formula is C17H14BrCl2FN2O3S. The van der Waals surface area contributed by atoms with Gasteiger partial charge in [0.15, 0.2) is 0 Å². The maximum atomic E-state index is 13.4. The Balaban J connectivity index is 1.76. The summed E-state index contributed by atoms with van der Waals surface area (Å²) < 4.78 is 40.8. The Morgan fingerprint density at radius 2 is 1.74 bits per heavy atom. The minimum atomic E-state index is -3.83. The zero-order valence-corrected chi connectivity index (χ0v) is 17.7. The lowest BCUT2D eigenvalue weighted by Gasteiger charge is -2.34. The van der Waals surface area contributed by atoms with Crippen molar-refractivity contribution in [2.45, 2.75) is 4.90 Å². The van der Waals surface area contributed by atoms with Gasteiger partial charge in [-0.15, -0.1) is 0 Å². The van der Waals surface area contributed by atoms with Crippen LogP contribution in [0.1, 0.15) is 10.4 Å². The lowest BCUT2D eigenvalue weighted by Crippen LogP contribution is -2.50. The van der Waals surface area contributed by atoms with Crippen molar-refractivity contribution in [2.24, 2.45) is 0 Å². The van der Waals surface area contributed by atoms with Crippen LogP contribution in [0, 0.1) is 5.82 Å². The van der Waals surface area contributed by atoms with Crippen LogP contribution in [0.15, 0.2) is 45.8 Å². The maximum absolute atomic E-state index is 13.4. The van der Waals surface area contributed by atoms with Gasteiger partial charge < -0.3 is 4.90 Å². The third-order valence-electron chi connectivity index (χ3n) is 4.22. The first-order chi connectivity index (χ1) is 12.7. The van der Waals surface area contributed by atoms with E-state index in [0.29, 0.717) is 4.47 Å². The molecule has 2 aromatic carbocycles. The first kappa shape index (κ1) is 20.5. The van der Waals surface area contributed by atoms with Crippen LogP contribution in [-0.2, 0) is 10.0 Å². The zero-order chi connectivity index (χ0) is 19.8. The summed E-state index contributed by atoms with van der Waals surface area (Å²) in [7, 11) is -3.83. The quantitative estimate of drug-likeness (QED) is 0.645. The SMILES string of the molecule is O=C(c1cc(F)ccc1Br)N1CCN(S(=O)(=O)c2cccc(Cl)c2Cl)CC1. The van der Waals surface area contributed by atoms with Crippen molar-refractivity contribution in [1.29, 1.82) is 0 Å². The summed E-state index contributed by atoms with van der Waals surface area (Å²) >= 11 is 15.2. The number of carbonyl (C=O) groups is 1. The Morgan fingerprint density at radius 1 is 1.07 bits per heavy atom. The average molecular weight is 496 g/mol. The largest absolute Gasteiger partial charge is 0.336 e. The average Bonchev–Trinajstić information content (AvgIpc) is 2.65. The van der Waals surface area contributed by atoms with Gasteiger partial charge in [-0.25, -0.2) is 12.8 Å². The van der Waals surface area contributed by atoms with Gasteiger partial charge in [0.05, 0.1) is 15.6 Å². The molecule has 0 radical (unpaired) electrons. The van der Waals surface area contributed by atoms with Gasteiger partial charge >= 0.3 is 0 Å². The smallest absolute Gasteiger partial charge is 0.255 e. The second-order valence-corrected chi connectivity index (χ2v) is 9.42. The second kappa shape index (κ2) is 8.05. The van der Waals surface area contributed by atoms with E-state index >= 15 is 0 Å². The molecule has 10 heteroatoms. The Kier molecular flexibility index (Phi) is 6.12. The number of carbonyl (C=O) groups excluding carboxylic acids is 1. The molecule has 0 N–H and O–H groups in total. The molecule has 0 aromatic heterocycles. The fourth-order valence-corrected chi connectivity index (χ4v) is 5.36. The summed E-state index contributed by atoms with van der Waals surface area (Å²) in [5.74, 6) is -0.877. The van der Waals surface area contributed by atoms with Crippen LogP contribution in [0.4, 0.5) is 4.39 Å². The van der Waals surface area contributed by atoms with E-state index in [2.05, 4.69) is 15.9 Å². The standard InChI is InChI=1S/C17H14BrCl2FN2O3S/c18-13-5-4-11(21)10-12(13)17(24)22-6-8-23(9-7-22)27(25,26)15-3-1-2-14(19)16(15)20/h1-5,10H,6-9H2. The molecule has 144 valence electrons. The van der Waals surface area contributed by atoms with E-state index in [1.54, 1.807) is 0 Å². The number of halogens is 4. The molecule has 1 amide bonds. The van der Waals surface area contributed by atoms with Crippen LogP contribution in [0.5, 0.6) is 0 Å². The molecule has 0 unspecified atom stereocenters. The predicted octanol–water partition coefficient (Wildman–Crippen LogP) is 4.04. The molecule has 27 heavy (non-hydrogen) atoms. The summed E-state index contributed by atoms with van der Waals surface area (Å²) in [5.41, 5.74) is 0.198. The van der Waals surface area contributed by atoms with Gasteiger partial charge in [0.25, 0.3) is 5.91 Å². The highest BCUT2D eigenvalue weighted by Crippen LogP contribution is 2.31. The van der Waals surface area contributed by atoms with E-state index in [0.717, 1.165) is 6.07 Å². The number of amides is 1. The van der Waals surface area contributed by atoms with Crippen LogP contribution >= 0.6 is 39.1 Å². The minimum absolute atomic E-state index is 0.0265. The lowest BCUT2D eigenvalue weighted by atomic mass is 10.2. The molecule has 0 atom stereocenters. The highest BCUT2D eigenvalue weighted by molar-refractivity contribution is 9.10. The molecule has 1 fully saturated rings. The van der Waals surface area contributed by atoms with Crippen LogP contribution in [0.2, 0.25) is 10.0 Å². The van der Waals surface area contributed by atoms with E-state index < -0.39 is 15.8 Å². The monoisotopic (exact) mass is 494 g/mol. The minimum Gasteiger partial charge on any atom is -0.336 e. The van der Waals surface area contributed by atoms with Crippen molar-refractivity contribution in [2.75, 3.05) is 26.2 Å².